The van der Waals surface area contributed by atoms with Crippen molar-refractivity contribution in [2.75, 3.05) is 27.4 Å². The number of rotatable bonds is 8. The van der Waals surface area contributed by atoms with Crippen LogP contribution in [0.3, 0.4) is 0 Å². The first kappa shape index (κ1) is 13.1. The summed E-state index contributed by atoms with van der Waals surface area (Å²) in [5.41, 5.74) is 0. The van der Waals surface area contributed by atoms with Crippen LogP contribution in [-0.4, -0.2) is 42.3 Å². The zero-order chi connectivity index (χ0) is 11.3. The molecule has 5 heteroatoms. The highest BCUT2D eigenvalue weighted by atomic mass is 28.4. The topological polar surface area (TPSA) is 40.2 Å². The minimum absolute atomic E-state index is 0.407. The average molecular weight is 234 g/mol. The summed E-state index contributed by atoms with van der Waals surface area (Å²) in [4.78, 5) is 0. The van der Waals surface area contributed by atoms with Gasteiger partial charge in [0.25, 0.3) is 0 Å². The van der Waals surface area contributed by atoms with E-state index in [0.29, 0.717) is 18.6 Å². The van der Waals surface area contributed by atoms with Crippen molar-refractivity contribution < 1.29 is 18.0 Å². The van der Waals surface area contributed by atoms with E-state index < -0.39 is 8.80 Å². The van der Waals surface area contributed by atoms with Crippen molar-refractivity contribution >= 4 is 8.80 Å². The summed E-state index contributed by atoms with van der Waals surface area (Å²) >= 11 is 0. The molecule has 1 unspecified atom stereocenters. The van der Waals surface area contributed by atoms with Gasteiger partial charge in [0.2, 0.25) is 0 Å². The van der Waals surface area contributed by atoms with Crippen LogP contribution in [0.25, 0.3) is 0 Å². The summed E-state index contributed by atoms with van der Waals surface area (Å²) in [7, 11) is 0.944. The molecule has 1 saturated heterocycles. The quantitative estimate of drug-likeness (QED) is 0.473. The van der Waals surface area contributed by atoms with E-state index in [-0.39, 0.29) is 0 Å². The maximum absolute atomic E-state index is 5.80. The Morgan fingerprint density at radius 1 is 1.33 bits per heavy atom. The molecule has 0 spiro atoms. The first-order valence-corrected chi connectivity index (χ1v) is 7.41. The van der Waals surface area contributed by atoms with Crippen molar-refractivity contribution in [3.8, 4) is 0 Å². The predicted octanol–water partition coefficient (Wildman–Crippen LogP) is 1.68. The molecular formula is C10H22O4Si. The van der Waals surface area contributed by atoms with Gasteiger partial charge in [0.05, 0.1) is 12.7 Å². The maximum Gasteiger partial charge on any atom is 0.500 e. The van der Waals surface area contributed by atoms with Crippen LogP contribution in [0.2, 0.25) is 6.04 Å². The fraction of sp³-hybridized carbons (Fsp3) is 1.00. The SMILES string of the molecule is CO[Si](CC(C)C)(OC)OCCC1CO1. The van der Waals surface area contributed by atoms with Crippen molar-refractivity contribution in [3.63, 3.8) is 0 Å². The summed E-state index contributed by atoms with van der Waals surface area (Å²) in [5, 5.41) is 0. The molecule has 0 saturated carbocycles. The molecule has 1 atom stereocenters. The largest absolute Gasteiger partial charge is 0.500 e. The van der Waals surface area contributed by atoms with E-state index >= 15 is 0 Å². The molecule has 1 aliphatic heterocycles. The van der Waals surface area contributed by atoms with E-state index in [4.69, 9.17) is 18.0 Å². The van der Waals surface area contributed by atoms with Gasteiger partial charge in [-0.2, -0.15) is 0 Å². The highest BCUT2D eigenvalue weighted by Crippen LogP contribution is 2.21. The lowest BCUT2D eigenvalue weighted by atomic mass is 10.3. The smallest absolute Gasteiger partial charge is 0.377 e. The highest BCUT2D eigenvalue weighted by Gasteiger charge is 2.40. The third-order valence-electron chi connectivity index (χ3n) is 2.44. The van der Waals surface area contributed by atoms with Crippen LogP contribution in [0.15, 0.2) is 0 Å². The Kier molecular flexibility index (Phi) is 5.21. The predicted molar refractivity (Wildman–Crippen MR) is 59.7 cm³/mol. The third-order valence-corrected chi connectivity index (χ3v) is 5.65. The lowest BCUT2D eigenvalue weighted by Gasteiger charge is -2.27. The molecular weight excluding hydrogens is 212 g/mol. The maximum atomic E-state index is 5.80. The molecule has 0 aromatic rings. The molecule has 90 valence electrons. The van der Waals surface area contributed by atoms with Crippen molar-refractivity contribution in [3.05, 3.63) is 0 Å². The molecule has 1 rings (SSSR count). The number of hydrogen-bond donors (Lipinski definition) is 0. The van der Waals surface area contributed by atoms with Crippen LogP contribution in [-0.2, 0) is 18.0 Å². The van der Waals surface area contributed by atoms with Crippen molar-refractivity contribution in [1.82, 2.24) is 0 Å². The van der Waals surface area contributed by atoms with Crippen molar-refractivity contribution in [2.24, 2.45) is 5.92 Å². The molecule has 0 aliphatic carbocycles. The van der Waals surface area contributed by atoms with Gasteiger partial charge in [0.15, 0.2) is 0 Å². The van der Waals surface area contributed by atoms with Gasteiger partial charge in [-0.15, -0.1) is 0 Å². The molecule has 1 heterocycles. The highest BCUT2D eigenvalue weighted by molar-refractivity contribution is 6.60. The Bertz CT molecular complexity index is 178. The fourth-order valence-corrected chi connectivity index (χ4v) is 3.79. The molecule has 0 bridgehead atoms. The van der Waals surface area contributed by atoms with Crippen LogP contribution in [0.5, 0.6) is 0 Å². The molecule has 15 heavy (non-hydrogen) atoms. The molecule has 1 aliphatic rings. The van der Waals surface area contributed by atoms with Gasteiger partial charge in [-0.3, -0.25) is 0 Å². The summed E-state index contributed by atoms with van der Waals surface area (Å²) < 4.78 is 21.8. The van der Waals surface area contributed by atoms with Gasteiger partial charge >= 0.3 is 8.80 Å². The van der Waals surface area contributed by atoms with Crippen molar-refractivity contribution in [1.29, 1.82) is 0 Å². The first-order valence-electron chi connectivity index (χ1n) is 5.47. The fourth-order valence-electron chi connectivity index (χ4n) is 1.51. The molecule has 0 radical (unpaired) electrons. The second-order valence-electron chi connectivity index (χ2n) is 4.28. The number of ether oxygens (including phenoxy) is 1. The van der Waals surface area contributed by atoms with Gasteiger partial charge < -0.3 is 18.0 Å². The standard InChI is InChI=1S/C10H22O4Si/c1-9(2)8-15(11-3,12-4)14-6-5-10-7-13-10/h9-10H,5-8H2,1-4H3. The minimum atomic E-state index is -2.40. The lowest BCUT2D eigenvalue weighted by molar-refractivity contribution is 0.0914. The summed E-state index contributed by atoms with van der Waals surface area (Å²) in [6.07, 6.45) is 1.35. The molecule has 0 N–H and O–H groups in total. The Labute approximate surface area is 93.2 Å². The second-order valence-corrected chi connectivity index (χ2v) is 7.16. The third kappa shape index (κ3) is 4.61. The van der Waals surface area contributed by atoms with Gasteiger partial charge in [0.1, 0.15) is 0 Å². The van der Waals surface area contributed by atoms with Crippen LogP contribution in [0, 0.1) is 5.92 Å². The van der Waals surface area contributed by atoms with Crippen LogP contribution in [0.1, 0.15) is 20.3 Å². The molecule has 0 aromatic carbocycles. The zero-order valence-corrected chi connectivity index (χ0v) is 11.1. The lowest BCUT2D eigenvalue weighted by Crippen LogP contribution is -2.45. The summed E-state index contributed by atoms with van der Waals surface area (Å²) in [5.74, 6) is 0.522. The van der Waals surface area contributed by atoms with Gasteiger partial charge in [0, 0.05) is 26.9 Å². The molecule has 0 amide bonds. The van der Waals surface area contributed by atoms with Gasteiger partial charge in [-0.1, -0.05) is 13.8 Å². The van der Waals surface area contributed by atoms with E-state index in [1.165, 1.54) is 0 Å². The van der Waals surface area contributed by atoms with Crippen LogP contribution in [0.4, 0.5) is 0 Å². The van der Waals surface area contributed by atoms with Crippen molar-refractivity contribution in [2.45, 2.75) is 32.4 Å². The van der Waals surface area contributed by atoms with Crippen LogP contribution < -0.4 is 0 Å². The van der Waals surface area contributed by atoms with E-state index in [1.54, 1.807) is 14.2 Å². The van der Waals surface area contributed by atoms with Crippen LogP contribution >= 0.6 is 0 Å². The second kappa shape index (κ2) is 5.96. The normalized spacial score (nSPS) is 21.0. The minimum Gasteiger partial charge on any atom is -0.377 e. The first-order chi connectivity index (χ1) is 7.12. The summed E-state index contributed by atoms with van der Waals surface area (Å²) in [6.45, 7) is 5.84. The Morgan fingerprint density at radius 3 is 2.33 bits per heavy atom. The molecule has 1 fully saturated rings. The Hall–Kier alpha value is 0.0569. The monoisotopic (exact) mass is 234 g/mol. The molecule has 0 aromatic heterocycles. The van der Waals surface area contributed by atoms with Gasteiger partial charge in [-0.25, -0.2) is 0 Å². The van der Waals surface area contributed by atoms with E-state index in [0.717, 1.165) is 19.1 Å². The zero-order valence-electron chi connectivity index (χ0n) is 10.1. The molecule has 4 nitrogen and oxygen atoms in total. The van der Waals surface area contributed by atoms with E-state index in [1.807, 2.05) is 0 Å². The summed E-state index contributed by atoms with van der Waals surface area (Å²) in [6, 6.07) is 0.867. The van der Waals surface area contributed by atoms with E-state index in [9.17, 15) is 0 Å². The van der Waals surface area contributed by atoms with E-state index in [2.05, 4.69) is 13.8 Å². The van der Waals surface area contributed by atoms with Gasteiger partial charge in [-0.05, 0) is 12.3 Å². The Morgan fingerprint density at radius 2 is 1.93 bits per heavy atom. The number of hydrogen-bond acceptors (Lipinski definition) is 4. The average Bonchev–Trinajstić information content (AvgIpc) is 2.99. The number of epoxide rings is 1. The Balaban J connectivity index is 2.31.